The molecule has 2 N–H and O–H groups in total. The number of thiazole rings is 1. The Morgan fingerprint density at radius 3 is 2.82 bits per heavy atom. The summed E-state index contributed by atoms with van der Waals surface area (Å²) in [5.74, 6) is -0.0974. The van der Waals surface area contributed by atoms with Gasteiger partial charge in [0.1, 0.15) is 5.60 Å². The van der Waals surface area contributed by atoms with E-state index < -0.39 is 5.60 Å². The molecular formula is C15H19N3O2S2. The van der Waals surface area contributed by atoms with Crippen molar-refractivity contribution in [1.82, 2.24) is 10.3 Å². The molecule has 0 radical (unpaired) electrons. The summed E-state index contributed by atoms with van der Waals surface area (Å²) >= 11 is 3.15. The fraction of sp³-hybridized carbons (Fsp3) is 0.467. The van der Waals surface area contributed by atoms with Crippen LogP contribution in [0.25, 0.3) is 10.6 Å². The fourth-order valence-electron chi connectivity index (χ4n) is 2.58. The lowest BCUT2D eigenvalue weighted by Crippen LogP contribution is -2.51. The van der Waals surface area contributed by atoms with Crippen LogP contribution in [0.4, 0.5) is 5.13 Å². The third kappa shape index (κ3) is 3.08. The lowest BCUT2D eigenvalue weighted by Gasteiger charge is -2.34. The highest BCUT2D eigenvalue weighted by atomic mass is 32.1. The van der Waals surface area contributed by atoms with Crippen LogP contribution < -0.4 is 10.6 Å². The Bertz CT molecular complexity index is 659. The second-order valence-electron chi connectivity index (χ2n) is 5.35. The molecule has 1 aliphatic heterocycles. The van der Waals surface area contributed by atoms with Gasteiger partial charge in [-0.1, -0.05) is 0 Å². The lowest BCUT2D eigenvalue weighted by atomic mass is 9.91. The lowest BCUT2D eigenvalue weighted by molar-refractivity contribution is -0.140. The predicted octanol–water partition coefficient (Wildman–Crippen LogP) is 2.89. The highest BCUT2D eigenvalue weighted by molar-refractivity contribution is 7.17. The summed E-state index contributed by atoms with van der Waals surface area (Å²) in [5.41, 5.74) is 0.173. The summed E-state index contributed by atoms with van der Waals surface area (Å²) in [6.45, 7) is 3.65. The van der Waals surface area contributed by atoms with E-state index in [9.17, 15) is 4.79 Å². The van der Waals surface area contributed by atoms with E-state index in [1.807, 2.05) is 5.38 Å². The van der Waals surface area contributed by atoms with Crippen molar-refractivity contribution < 1.29 is 9.53 Å². The van der Waals surface area contributed by atoms with Gasteiger partial charge in [0.05, 0.1) is 10.6 Å². The number of nitrogens with zero attached hydrogens (tertiary/aromatic N) is 1. The average Bonchev–Trinajstić information content (AvgIpc) is 3.17. The van der Waals surface area contributed by atoms with Crippen molar-refractivity contribution in [3.8, 4) is 10.6 Å². The number of hydrogen-bond acceptors (Lipinski definition) is 6. The molecule has 1 amide bonds. The number of amides is 1. The van der Waals surface area contributed by atoms with Crippen molar-refractivity contribution in [3.63, 3.8) is 0 Å². The molecule has 3 rings (SSSR count). The van der Waals surface area contributed by atoms with Gasteiger partial charge in [-0.15, -0.1) is 22.7 Å². The smallest absolute Gasteiger partial charge is 0.258 e. The average molecular weight is 337 g/mol. The van der Waals surface area contributed by atoms with Crippen LogP contribution in [0.15, 0.2) is 17.5 Å². The van der Waals surface area contributed by atoms with E-state index in [0.29, 0.717) is 18.0 Å². The number of rotatable bonds is 4. The topological polar surface area (TPSA) is 63.2 Å². The summed E-state index contributed by atoms with van der Waals surface area (Å²) < 4.78 is 5.53. The van der Waals surface area contributed by atoms with Crippen molar-refractivity contribution in [3.05, 3.63) is 22.4 Å². The van der Waals surface area contributed by atoms with E-state index in [1.165, 1.54) is 16.2 Å². The van der Waals surface area contributed by atoms with Gasteiger partial charge in [0.15, 0.2) is 5.13 Å². The molecule has 3 heterocycles. The van der Waals surface area contributed by atoms with Crippen LogP contribution in [-0.4, -0.2) is 36.7 Å². The van der Waals surface area contributed by atoms with Gasteiger partial charge >= 0.3 is 0 Å². The first-order valence-electron chi connectivity index (χ1n) is 7.23. The van der Waals surface area contributed by atoms with Crippen LogP contribution >= 0.6 is 22.7 Å². The minimum atomic E-state index is -0.739. The monoisotopic (exact) mass is 337 g/mol. The normalized spacial score (nSPS) is 17.4. The maximum absolute atomic E-state index is 12.6. The second-order valence-corrected chi connectivity index (χ2v) is 7.50. The zero-order chi connectivity index (χ0) is 15.6. The van der Waals surface area contributed by atoms with Crippen LogP contribution in [0, 0.1) is 6.92 Å². The molecule has 1 fully saturated rings. The number of piperidine rings is 1. The van der Waals surface area contributed by atoms with E-state index in [2.05, 4.69) is 34.7 Å². The SMILES string of the molecule is COC1(C(=O)Nc2nc(-c3ccc(C)s3)cs2)CCNCC1. The van der Waals surface area contributed by atoms with Gasteiger partial charge in [-0.25, -0.2) is 4.98 Å². The van der Waals surface area contributed by atoms with Crippen LogP contribution in [0.1, 0.15) is 17.7 Å². The van der Waals surface area contributed by atoms with Crippen LogP contribution in [0.3, 0.4) is 0 Å². The molecule has 2 aromatic rings. The van der Waals surface area contributed by atoms with Crippen molar-refractivity contribution in [2.24, 2.45) is 0 Å². The number of ether oxygens (including phenoxy) is 1. The number of carbonyl (C=O) groups is 1. The predicted molar refractivity (Wildman–Crippen MR) is 90.6 cm³/mol. The Morgan fingerprint density at radius 1 is 1.41 bits per heavy atom. The quantitative estimate of drug-likeness (QED) is 0.900. The van der Waals surface area contributed by atoms with E-state index in [-0.39, 0.29) is 5.91 Å². The Hall–Kier alpha value is -1.28. The first-order valence-corrected chi connectivity index (χ1v) is 8.92. The number of methoxy groups -OCH3 is 1. The molecule has 118 valence electrons. The molecule has 0 saturated carbocycles. The number of nitrogens with one attached hydrogen (secondary N) is 2. The van der Waals surface area contributed by atoms with E-state index in [1.54, 1.807) is 18.4 Å². The second kappa shape index (κ2) is 6.45. The molecule has 22 heavy (non-hydrogen) atoms. The van der Waals surface area contributed by atoms with Crippen LogP contribution in [0.2, 0.25) is 0 Å². The molecule has 0 atom stereocenters. The molecule has 7 heteroatoms. The minimum absolute atomic E-state index is 0.0974. The number of aromatic nitrogens is 1. The molecular weight excluding hydrogens is 318 g/mol. The summed E-state index contributed by atoms with van der Waals surface area (Å²) in [6, 6.07) is 4.14. The van der Waals surface area contributed by atoms with Crippen LogP contribution in [-0.2, 0) is 9.53 Å². The largest absolute Gasteiger partial charge is 0.368 e. The van der Waals surface area contributed by atoms with E-state index in [4.69, 9.17) is 4.74 Å². The van der Waals surface area contributed by atoms with Gasteiger partial charge < -0.3 is 10.1 Å². The fourth-order valence-corrected chi connectivity index (χ4v) is 4.19. The molecule has 0 bridgehead atoms. The summed E-state index contributed by atoms with van der Waals surface area (Å²) in [4.78, 5) is 19.5. The van der Waals surface area contributed by atoms with Gasteiger partial charge in [0.25, 0.3) is 5.91 Å². The molecule has 1 saturated heterocycles. The van der Waals surface area contributed by atoms with Gasteiger partial charge in [-0.3, -0.25) is 10.1 Å². The maximum atomic E-state index is 12.6. The standard InChI is InChI=1S/C15H19N3O2S2/c1-10-3-4-12(22-10)11-9-21-14(17-11)18-13(19)15(20-2)5-7-16-8-6-15/h3-4,9,16H,5-8H2,1-2H3,(H,17,18,19). The molecule has 0 aliphatic carbocycles. The highest BCUT2D eigenvalue weighted by Gasteiger charge is 2.40. The zero-order valence-corrected chi connectivity index (χ0v) is 14.3. The first kappa shape index (κ1) is 15.6. The van der Waals surface area contributed by atoms with Gasteiger partial charge in [-0.2, -0.15) is 0 Å². The minimum Gasteiger partial charge on any atom is -0.368 e. The molecule has 1 aliphatic rings. The van der Waals surface area contributed by atoms with E-state index in [0.717, 1.165) is 23.7 Å². The molecule has 0 spiro atoms. The molecule has 0 aromatic carbocycles. The highest BCUT2D eigenvalue weighted by Crippen LogP contribution is 2.31. The summed E-state index contributed by atoms with van der Waals surface area (Å²) in [6.07, 6.45) is 1.36. The Morgan fingerprint density at radius 2 is 2.18 bits per heavy atom. The number of carbonyl (C=O) groups excluding carboxylic acids is 1. The van der Waals surface area contributed by atoms with Gasteiger partial charge in [0, 0.05) is 17.4 Å². The number of thiophene rings is 1. The first-order chi connectivity index (χ1) is 10.6. The molecule has 2 aromatic heterocycles. The number of hydrogen-bond donors (Lipinski definition) is 2. The van der Waals surface area contributed by atoms with Gasteiger partial charge in [0.2, 0.25) is 0 Å². The molecule has 0 unspecified atom stereocenters. The summed E-state index contributed by atoms with van der Waals surface area (Å²) in [7, 11) is 1.60. The zero-order valence-electron chi connectivity index (χ0n) is 12.6. The maximum Gasteiger partial charge on any atom is 0.258 e. The van der Waals surface area contributed by atoms with Crippen molar-refractivity contribution >= 4 is 33.7 Å². The van der Waals surface area contributed by atoms with Gasteiger partial charge in [-0.05, 0) is 45.0 Å². The Kier molecular flexibility index (Phi) is 4.58. The Balaban J connectivity index is 1.73. The number of aryl methyl sites for hydroxylation is 1. The van der Waals surface area contributed by atoms with Crippen molar-refractivity contribution in [1.29, 1.82) is 0 Å². The third-order valence-electron chi connectivity index (χ3n) is 3.93. The third-order valence-corrected chi connectivity index (χ3v) is 5.71. The Labute approximate surface area is 137 Å². The van der Waals surface area contributed by atoms with Crippen LogP contribution in [0.5, 0.6) is 0 Å². The van der Waals surface area contributed by atoms with Crippen molar-refractivity contribution in [2.45, 2.75) is 25.4 Å². The number of anilines is 1. The van der Waals surface area contributed by atoms with E-state index >= 15 is 0 Å². The summed E-state index contributed by atoms with van der Waals surface area (Å²) in [5, 5.41) is 8.77. The van der Waals surface area contributed by atoms with Crippen molar-refractivity contribution in [2.75, 3.05) is 25.5 Å². The molecule has 5 nitrogen and oxygen atoms in total.